The van der Waals surface area contributed by atoms with Gasteiger partial charge in [0, 0.05) is 17.1 Å². The maximum Gasteiger partial charge on any atom is 0.230 e. The Labute approximate surface area is 148 Å². The first-order chi connectivity index (χ1) is 12.3. The fourth-order valence-electron chi connectivity index (χ4n) is 2.62. The molecule has 2 aromatic heterocycles. The summed E-state index contributed by atoms with van der Waals surface area (Å²) in [6, 6.07) is 19.5. The van der Waals surface area contributed by atoms with E-state index in [0.717, 1.165) is 27.0 Å². The summed E-state index contributed by atoms with van der Waals surface area (Å²) in [7, 11) is 0. The van der Waals surface area contributed by atoms with Crippen LogP contribution in [-0.4, -0.2) is 21.1 Å². The SMILES string of the molecule is O=C(Cc1cccc2cccnc12)Nc1nnc(-c2ccccc2)s1. The Balaban J connectivity index is 1.50. The first-order valence-corrected chi connectivity index (χ1v) is 8.63. The Morgan fingerprint density at radius 1 is 0.960 bits per heavy atom. The molecule has 2 heterocycles. The Hall–Kier alpha value is -3.12. The van der Waals surface area contributed by atoms with Crippen molar-refractivity contribution in [3.63, 3.8) is 0 Å². The molecule has 0 aliphatic rings. The van der Waals surface area contributed by atoms with Crippen LogP contribution in [0.5, 0.6) is 0 Å². The average molecular weight is 346 g/mol. The fourth-order valence-corrected chi connectivity index (χ4v) is 3.38. The second kappa shape index (κ2) is 6.78. The number of hydrogen-bond donors (Lipinski definition) is 1. The van der Waals surface area contributed by atoms with Crippen LogP contribution >= 0.6 is 11.3 Å². The summed E-state index contributed by atoms with van der Waals surface area (Å²) in [5.41, 5.74) is 2.73. The molecule has 0 unspecified atom stereocenters. The van der Waals surface area contributed by atoms with E-state index >= 15 is 0 Å². The van der Waals surface area contributed by atoms with Crippen molar-refractivity contribution in [1.82, 2.24) is 15.2 Å². The highest BCUT2D eigenvalue weighted by atomic mass is 32.1. The summed E-state index contributed by atoms with van der Waals surface area (Å²) in [5, 5.41) is 13.3. The molecule has 4 rings (SSSR count). The maximum atomic E-state index is 12.4. The molecule has 25 heavy (non-hydrogen) atoms. The molecule has 122 valence electrons. The van der Waals surface area contributed by atoms with E-state index in [1.54, 1.807) is 6.20 Å². The highest BCUT2D eigenvalue weighted by molar-refractivity contribution is 7.18. The van der Waals surface area contributed by atoms with Crippen LogP contribution in [0.2, 0.25) is 0 Å². The van der Waals surface area contributed by atoms with Crippen molar-refractivity contribution < 1.29 is 4.79 Å². The second-order valence-electron chi connectivity index (χ2n) is 5.50. The van der Waals surface area contributed by atoms with E-state index in [1.807, 2.05) is 60.7 Å². The van der Waals surface area contributed by atoms with E-state index in [0.29, 0.717) is 5.13 Å². The third-order valence-corrected chi connectivity index (χ3v) is 4.65. The van der Waals surface area contributed by atoms with Gasteiger partial charge in [-0.2, -0.15) is 0 Å². The number of amides is 1. The van der Waals surface area contributed by atoms with Crippen LogP contribution in [0.4, 0.5) is 5.13 Å². The van der Waals surface area contributed by atoms with Crippen LogP contribution in [0.1, 0.15) is 5.56 Å². The molecule has 1 N–H and O–H groups in total. The number of aromatic nitrogens is 3. The molecule has 0 aliphatic heterocycles. The van der Waals surface area contributed by atoms with Gasteiger partial charge in [-0.3, -0.25) is 9.78 Å². The van der Waals surface area contributed by atoms with Crippen LogP contribution in [-0.2, 0) is 11.2 Å². The highest BCUT2D eigenvalue weighted by Crippen LogP contribution is 2.26. The third-order valence-electron chi connectivity index (χ3n) is 3.76. The van der Waals surface area contributed by atoms with Gasteiger partial charge in [0.15, 0.2) is 0 Å². The molecule has 0 atom stereocenters. The van der Waals surface area contributed by atoms with Crippen molar-refractivity contribution in [3.05, 3.63) is 72.4 Å². The van der Waals surface area contributed by atoms with Gasteiger partial charge in [0.05, 0.1) is 11.9 Å². The van der Waals surface area contributed by atoms with E-state index in [1.165, 1.54) is 11.3 Å². The number of benzene rings is 2. The molecule has 0 radical (unpaired) electrons. The van der Waals surface area contributed by atoms with E-state index in [2.05, 4.69) is 20.5 Å². The van der Waals surface area contributed by atoms with Gasteiger partial charge in [-0.25, -0.2) is 0 Å². The molecule has 0 saturated carbocycles. The van der Waals surface area contributed by atoms with Gasteiger partial charge in [-0.1, -0.05) is 65.9 Å². The second-order valence-corrected chi connectivity index (χ2v) is 6.47. The average Bonchev–Trinajstić information content (AvgIpc) is 3.11. The Morgan fingerprint density at radius 2 is 1.80 bits per heavy atom. The minimum Gasteiger partial charge on any atom is -0.300 e. The maximum absolute atomic E-state index is 12.4. The number of nitrogens with zero attached hydrogens (tertiary/aromatic N) is 3. The summed E-state index contributed by atoms with van der Waals surface area (Å²) < 4.78 is 0. The van der Waals surface area contributed by atoms with Gasteiger partial charge in [-0.05, 0) is 11.6 Å². The molecule has 4 aromatic rings. The minimum absolute atomic E-state index is 0.131. The predicted molar refractivity (Wildman–Crippen MR) is 99.4 cm³/mol. The van der Waals surface area contributed by atoms with Crippen LogP contribution in [0.3, 0.4) is 0 Å². The zero-order valence-electron chi connectivity index (χ0n) is 13.2. The monoisotopic (exact) mass is 346 g/mol. The number of para-hydroxylation sites is 1. The first-order valence-electron chi connectivity index (χ1n) is 7.81. The normalized spacial score (nSPS) is 10.7. The van der Waals surface area contributed by atoms with Crippen molar-refractivity contribution in [2.75, 3.05) is 5.32 Å². The van der Waals surface area contributed by atoms with Crippen LogP contribution in [0.15, 0.2) is 66.9 Å². The van der Waals surface area contributed by atoms with E-state index in [-0.39, 0.29) is 12.3 Å². The van der Waals surface area contributed by atoms with Crippen LogP contribution in [0, 0.1) is 0 Å². The van der Waals surface area contributed by atoms with Gasteiger partial charge in [-0.15, -0.1) is 10.2 Å². The molecule has 0 saturated heterocycles. The summed E-state index contributed by atoms with van der Waals surface area (Å²) >= 11 is 1.36. The number of carbonyl (C=O) groups excluding carboxylic acids is 1. The fraction of sp³-hybridized carbons (Fsp3) is 0.0526. The molecule has 0 fully saturated rings. The Morgan fingerprint density at radius 3 is 2.68 bits per heavy atom. The number of nitrogens with one attached hydrogen (secondary N) is 1. The van der Waals surface area contributed by atoms with Gasteiger partial charge in [0.2, 0.25) is 11.0 Å². The van der Waals surface area contributed by atoms with Gasteiger partial charge in [0.1, 0.15) is 5.01 Å². The molecular weight excluding hydrogens is 332 g/mol. The zero-order chi connectivity index (χ0) is 17.1. The van der Waals surface area contributed by atoms with Gasteiger partial charge < -0.3 is 5.32 Å². The van der Waals surface area contributed by atoms with Gasteiger partial charge >= 0.3 is 0 Å². The standard InChI is InChI=1S/C19H14N4OS/c24-16(12-15-9-4-8-13-10-5-11-20-17(13)15)21-19-23-22-18(25-19)14-6-2-1-3-7-14/h1-11H,12H2,(H,21,23,24). The molecule has 1 amide bonds. The predicted octanol–water partition coefficient (Wildman–Crippen LogP) is 3.93. The minimum atomic E-state index is -0.131. The summed E-state index contributed by atoms with van der Waals surface area (Å²) in [5.74, 6) is -0.131. The lowest BCUT2D eigenvalue weighted by atomic mass is 10.1. The van der Waals surface area contributed by atoms with Crippen molar-refractivity contribution >= 4 is 33.3 Å². The number of pyridine rings is 1. The summed E-state index contributed by atoms with van der Waals surface area (Å²) in [4.78, 5) is 16.8. The first kappa shape index (κ1) is 15.4. The summed E-state index contributed by atoms with van der Waals surface area (Å²) in [6.45, 7) is 0. The van der Waals surface area contributed by atoms with Crippen LogP contribution < -0.4 is 5.32 Å². The van der Waals surface area contributed by atoms with E-state index in [9.17, 15) is 4.79 Å². The lowest BCUT2D eigenvalue weighted by Crippen LogP contribution is -2.14. The smallest absolute Gasteiger partial charge is 0.230 e. The number of rotatable bonds is 4. The third kappa shape index (κ3) is 3.39. The Bertz CT molecular complexity index is 1020. The zero-order valence-corrected chi connectivity index (χ0v) is 14.0. The molecule has 5 nitrogen and oxygen atoms in total. The topological polar surface area (TPSA) is 67.8 Å². The molecule has 6 heteroatoms. The number of anilines is 1. The molecule has 2 aromatic carbocycles. The van der Waals surface area contributed by atoms with Crippen molar-refractivity contribution in [3.8, 4) is 10.6 Å². The van der Waals surface area contributed by atoms with Crippen LogP contribution in [0.25, 0.3) is 21.5 Å². The molecule has 0 spiro atoms. The van der Waals surface area contributed by atoms with Crippen molar-refractivity contribution in [1.29, 1.82) is 0 Å². The lowest BCUT2D eigenvalue weighted by Gasteiger charge is -2.05. The van der Waals surface area contributed by atoms with Crippen molar-refractivity contribution in [2.45, 2.75) is 6.42 Å². The highest BCUT2D eigenvalue weighted by Gasteiger charge is 2.12. The largest absolute Gasteiger partial charge is 0.300 e. The number of fused-ring (bicyclic) bond motifs is 1. The lowest BCUT2D eigenvalue weighted by molar-refractivity contribution is -0.115. The number of hydrogen-bond acceptors (Lipinski definition) is 5. The quantitative estimate of drug-likeness (QED) is 0.608. The Kier molecular flexibility index (Phi) is 4.18. The molecule has 0 aliphatic carbocycles. The van der Waals surface area contributed by atoms with E-state index < -0.39 is 0 Å². The van der Waals surface area contributed by atoms with Gasteiger partial charge in [0.25, 0.3) is 0 Å². The van der Waals surface area contributed by atoms with Crippen molar-refractivity contribution in [2.24, 2.45) is 0 Å². The number of carbonyl (C=O) groups is 1. The molecule has 0 bridgehead atoms. The van der Waals surface area contributed by atoms with E-state index in [4.69, 9.17) is 0 Å². The summed E-state index contributed by atoms with van der Waals surface area (Å²) in [6.07, 6.45) is 1.98. The molecular formula is C19H14N4OS.